The number of ether oxygens (including phenoxy) is 3. The number of rotatable bonds is 64. The second-order valence-corrected chi connectivity index (χ2v) is 23.4. The molecule has 80 heavy (non-hydrogen) atoms. The fourth-order valence-electron chi connectivity index (χ4n) is 10.2. The molecule has 0 aromatic carbocycles. The monoisotopic (exact) mass is 1120 g/mol. The molecule has 0 heterocycles. The highest BCUT2D eigenvalue weighted by Gasteiger charge is 2.19. The second kappa shape index (κ2) is 68.3. The lowest BCUT2D eigenvalue weighted by Crippen LogP contribution is -2.30. The molecule has 0 aliphatic carbocycles. The zero-order valence-corrected chi connectivity index (χ0v) is 53.3. The van der Waals surface area contributed by atoms with E-state index in [1.165, 1.54) is 225 Å². The van der Waals surface area contributed by atoms with Crippen LogP contribution in [0.5, 0.6) is 0 Å². The van der Waals surface area contributed by atoms with E-state index < -0.39 is 6.10 Å². The molecular weight excluding hydrogens is 985 g/mol. The molecule has 1 unspecified atom stereocenters. The molecule has 0 aromatic heterocycles. The summed E-state index contributed by atoms with van der Waals surface area (Å²) >= 11 is 0. The van der Waals surface area contributed by atoms with Crippen LogP contribution in [0.4, 0.5) is 0 Å². The smallest absolute Gasteiger partial charge is 0.306 e. The van der Waals surface area contributed by atoms with Crippen molar-refractivity contribution in [3.63, 3.8) is 0 Å². The highest BCUT2D eigenvalue weighted by molar-refractivity contribution is 5.71. The number of carbonyl (C=O) groups excluding carboxylic acids is 3. The quantitative estimate of drug-likeness (QED) is 0.0261. The molecule has 464 valence electrons. The zero-order valence-electron chi connectivity index (χ0n) is 53.3. The molecule has 0 aromatic rings. The van der Waals surface area contributed by atoms with Crippen LogP contribution < -0.4 is 0 Å². The van der Waals surface area contributed by atoms with Crippen LogP contribution in [0, 0.1) is 0 Å². The third kappa shape index (κ3) is 65.7. The van der Waals surface area contributed by atoms with E-state index in [9.17, 15) is 14.4 Å². The minimum absolute atomic E-state index is 0.0776. The fourth-order valence-corrected chi connectivity index (χ4v) is 10.2. The molecule has 6 nitrogen and oxygen atoms in total. The van der Waals surface area contributed by atoms with Crippen LogP contribution in [-0.2, 0) is 28.6 Å². The van der Waals surface area contributed by atoms with Crippen molar-refractivity contribution >= 4 is 17.9 Å². The lowest BCUT2D eigenvalue weighted by atomic mass is 10.0. The zero-order chi connectivity index (χ0) is 57.8. The van der Waals surface area contributed by atoms with E-state index in [0.29, 0.717) is 19.3 Å². The summed E-state index contributed by atoms with van der Waals surface area (Å²) < 4.78 is 17.0. The SMILES string of the molecule is CCCCCCC/C=C\C/C=C\C/C=C\CCCCCCCCCCCCCCC(=O)OCC(COC(=O)CCCCCCCCCCCCCCCC)OC(=O)CCCCCCCC/C=C\C/C=C\C/C=C\CCCCCCC. The van der Waals surface area contributed by atoms with Crippen molar-refractivity contribution in [2.45, 2.75) is 367 Å². The van der Waals surface area contributed by atoms with Crippen LogP contribution in [-0.4, -0.2) is 37.2 Å². The van der Waals surface area contributed by atoms with E-state index in [4.69, 9.17) is 14.2 Å². The van der Waals surface area contributed by atoms with Gasteiger partial charge in [-0.05, 0) is 96.3 Å². The molecule has 0 rings (SSSR count). The first-order valence-electron chi connectivity index (χ1n) is 34.9. The molecule has 0 fully saturated rings. The summed E-state index contributed by atoms with van der Waals surface area (Å²) in [5.74, 6) is -0.872. The number of carbonyl (C=O) groups is 3. The van der Waals surface area contributed by atoms with E-state index >= 15 is 0 Å². The number of esters is 3. The molecule has 0 saturated heterocycles. The topological polar surface area (TPSA) is 78.9 Å². The Hall–Kier alpha value is -3.15. The summed E-state index contributed by atoms with van der Waals surface area (Å²) in [5.41, 5.74) is 0. The molecule has 6 heteroatoms. The van der Waals surface area contributed by atoms with Gasteiger partial charge in [-0.1, -0.05) is 318 Å². The number of hydrogen-bond donors (Lipinski definition) is 0. The minimum atomic E-state index is -0.783. The van der Waals surface area contributed by atoms with E-state index in [1.807, 2.05) is 0 Å². The van der Waals surface area contributed by atoms with Crippen LogP contribution in [0.2, 0.25) is 0 Å². The second-order valence-electron chi connectivity index (χ2n) is 23.4. The van der Waals surface area contributed by atoms with Gasteiger partial charge in [-0.25, -0.2) is 0 Å². The first-order valence-corrected chi connectivity index (χ1v) is 34.9. The normalized spacial score (nSPS) is 12.5. The van der Waals surface area contributed by atoms with Crippen molar-refractivity contribution in [3.05, 3.63) is 72.9 Å². The molecule has 1 atom stereocenters. The average Bonchev–Trinajstić information content (AvgIpc) is 3.46. The van der Waals surface area contributed by atoms with Gasteiger partial charge in [0.1, 0.15) is 13.2 Å². The molecule has 0 aliphatic heterocycles. The molecule has 0 spiro atoms. The van der Waals surface area contributed by atoms with Gasteiger partial charge in [-0.2, -0.15) is 0 Å². The van der Waals surface area contributed by atoms with Crippen molar-refractivity contribution in [1.29, 1.82) is 0 Å². The van der Waals surface area contributed by atoms with Crippen LogP contribution >= 0.6 is 0 Å². The largest absolute Gasteiger partial charge is 0.462 e. The Morgan fingerprint density at radius 2 is 0.450 bits per heavy atom. The van der Waals surface area contributed by atoms with Gasteiger partial charge in [0.25, 0.3) is 0 Å². The van der Waals surface area contributed by atoms with Gasteiger partial charge in [-0.15, -0.1) is 0 Å². The fraction of sp³-hybridized carbons (Fsp3) is 0.797. The summed E-state index contributed by atoms with van der Waals surface area (Å²) in [6.07, 6.45) is 89.2. The molecular formula is C74H132O6. The van der Waals surface area contributed by atoms with Crippen LogP contribution in [0.3, 0.4) is 0 Å². The Morgan fingerprint density at radius 1 is 0.250 bits per heavy atom. The molecule has 0 bridgehead atoms. The summed E-state index contributed by atoms with van der Waals surface area (Å²) in [6.45, 7) is 6.65. The molecule has 0 N–H and O–H groups in total. The third-order valence-corrected chi connectivity index (χ3v) is 15.4. The van der Waals surface area contributed by atoms with Crippen LogP contribution in [0.15, 0.2) is 72.9 Å². The first kappa shape index (κ1) is 76.9. The number of hydrogen-bond acceptors (Lipinski definition) is 6. The molecule has 0 radical (unpaired) electrons. The van der Waals surface area contributed by atoms with Crippen LogP contribution in [0.25, 0.3) is 0 Å². The summed E-state index contributed by atoms with van der Waals surface area (Å²) in [7, 11) is 0. The standard InChI is InChI=1S/C74H132O6/c1-4-7-10-13-16-19-22-25-28-30-32-34-35-36-37-38-39-41-42-44-46-49-52-55-58-61-64-67-73(76)79-70-71(69-78-72(75)66-63-60-57-54-51-48-27-24-21-18-15-12-9-6-3)80-74(77)68-65-62-59-56-53-50-47-45-43-40-33-31-29-26-23-20-17-14-11-8-5-2/h22-23,25-26,30-33,35-36,43,45,71H,4-21,24,27-29,34,37-42,44,46-70H2,1-3H3/b25-22-,26-23-,32-30-,33-31-,36-35-,45-43-. The Morgan fingerprint density at radius 3 is 0.700 bits per heavy atom. The predicted octanol–water partition coefficient (Wildman–Crippen LogP) is 24.1. The van der Waals surface area contributed by atoms with Gasteiger partial charge in [0.05, 0.1) is 0 Å². The maximum absolute atomic E-state index is 12.9. The number of allylic oxidation sites excluding steroid dienone is 12. The van der Waals surface area contributed by atoms with Crippen molar-refractivity contribution < 1.29 is 28.6 Å². The highest BCUT2D eigenvalue weighted by Crippen LogP contribution is 2.17. The Kier molecular flexibility index (Phi) is 65.7. The minimum Gasteiger partial charge on any atom is -0.462 e. The van der Waals surface area contributed by atoms with Crippen molar-refractivity contribution in [2.24, 2.45) is 0 Å². The highest BCUT2D eigenvalue weighted by atomic mass is 16.6. The van der Waals surface area contributed by atoms with Crippen molar-refractivity contribution in [2.75, 3.05) is 13.2 Å². The van der Waals surface area contributed by atoms with Crippen molar-refractivity contribution in [3.8, 4) is 0 Å². The number of unbranched alkanes of at least 4 members (excludes halogenated alkanes) is 41. The van der Waals surface area contributed by atoms with Crippen LogP contribution in [0.1, 0.15) is 361 Å². The summed E-state index contributed by atoms with van der Waals surface area (Å²) in [5, 5.41) is 0. The van der Waals surface area contributed by atoms with E-state index in [1.54, 1.807) is 0 Å². The summed E-state index contributed by atoms with van der Waals surface area (Å²) in [6, 6.07) is 0. The maximum Gasteiger partial charge on any atom is 0.306 e. The Balaban J connectivity index is 4.31. The maximum atomic E-state index is 12.9. The average molecular weight is 1120 g/mol. The first-order chi connectivity index (χ1) is 39.5. The van der Waals surface area contributed by atoms with E-state index in [-0.39, 0.29) is 31.1 Å². The summed E-state index contributed by atoms with van der Waals surface area (Å²) in [4.78, 5) is 38.4. The van der Waals surface area contributed by atoms with Gasteiger partial charge >= 0.3 is 17.9 Å². The van der Waals surface area contributed by atoms with Gasteiger partial charge in [0.2, 0.25) is 0 Å². The molecule has 0 amide bonds. The third-order valence-electron chi connectivity index (χ3n) is 15.4. The molecule has 0 saturated carbocycles. The van der Waals surface area contributed by atoms with Gasteiger partial charge < -0.3 is 14.2 Å². The molecule has 0 aliphatic rings. The van der Waals surface area contributed by atoms with E-state index in [0.717, 1.165) is 96.3 Å². The lowest BCUT2D eigenvalue weighted by Gasteiger charge is -2.18. The Bertz CT molecular complexity index is 1470. The predicted molar refractivity (Wildman–Crippen MR) is 348 cm³/mol. The van der Waals surface area contributed by atoms with E-state index in [2.05, 4.69) is 93.7 Å². The van der Waals surface area contributed by atoms with Gasteiger partial charge in [-0.3, -0.25) is 14.4 Å². The lowest BCUT2D eigenvalue weighted by molar-refractivity contribution is -0.167. The van der Waals surface area contributed by atoms with Crippen molar-refractivity contribution in [1.82, 2.24) is 0 Å². The Labute approximate surface area is 497 Å². The van der Waals surface area contributed by atoms with Gasteiger partial charge in [0, 0.05) is 19.3 Å². The van der Waals surface area contributed by atoms with Gasteiger partial charge in [0.15, 0.2) is 6.10 Å².